The van der Waals surface area contributed by atoms with Crippen LogP contribution in [0.5, 0.6) is 5.75 Å². The number of ether oxygens (including phenoxy) is 3. The minimum Gasteiger partial charge on any atom is -0.491 e. The van der Waals surface area contributed by atoms with Crippen molar-refractivity contribution in [1.82, 2.24) is 0 Å². The van der Waals surface area contributed by atoms with E-state index in [4.69, 9.17) is 14.2 Å². The predicted molar refractivity (Wildman–Crippen MR) is 128 cm³/mol. The fraction of sp³-hybridized carbons (Fsp3) is 0.444. The molecule has 1 saturated carbocycles. The molecule has 2 aliphatic rings. The molecule has 1 aliphatic heterocycles. The largest absolute Gasteiger partial charge is 0.491 e. The monoisotopic (exact) mass is 435 g/mol. The Morgan fingerprint density at radius 1 is 1.03 bits per heavy atom. The molecule has 1 heterocycles. The summed E-state index contributed by atoms with van der Waals surface area (Å²) in [7, 11) is 1.45. The second-order valence-electron chi connectivity index (χ2n) is 8.56. The Morgan fingerprint density at radius 3 is 2.53 bits per heavy atom. The van der Waals surface area contributed by atoms with Gasteiger partial charge in [0.15, 0.2) is 0 Å². The van der Waals surface area contributed by atoms with E-state index in [2.05, 4.69) is 42.2 Å². The molecule has 170 valence electrons. The first-order chi connectivity index (χ1) is 15.7. The summed E-state index contributed by atoms with van der Waals surface area (Å²) in [5.41, 5.74) is 5.25. The van der Waals surface area contributed by atoms with E-state index in [0.29, 0.717) is 19.6 Å². The molecule has 0 amide bonds. The van der Waals surface area contributed by atoms with Crippen LogP contribution in [0.25, 0.3) is 17.2 Å². The number of nitrogens with zero attached hydrogens (tertiary/aromatic N) is 1. The Hall–Kier alpha value is -2.79. The molecule has 32 heavy (non-hydrogen) atoms. The van der Waals surface area contributed by atoms with Gasteiger partial charge in [-0.1, -0.05) is 25.1 Å². The number of methoxy groups -OCH3 is 1. The van der Waals surface area contributed by atoms with Gasteiger partial charge < -0.3 is 19.1 Å². The summed E-state index contributed by atoms with van der Waals surface area (Å²) < 4.78 is 16.3. The van der Waals surface area contributed by atoms with Crippen molar-refractivity contribution in [3.63, 3.8) is 0 Å². The van der Waals surface area contributed by atoms with Crippen molar-refractivity contribution in [3.8, 4) is 16.9 Å². The van der Waals surface area contributed by atoms with Crippen molar-refractivity contribution in [1.29, 1.82) is 0 Å². The third-order valence-corrected chi connectivity index (χ3v) is 6.00. The highest BCUT2D eigenvalue weighted by Crippen LogP contribution is 2.37. The number of hydrogen-bond donors (Lipinski definition) is 0. The summed E-state index contributed by atoms with van der Waals surface area (Å²) in [4.78, 5) is 14.7. The molecule has 0 aromatic heterocycles. The molecular formula is C27H33NO4. The highest BCUT2D eigenvalue weighted by atomic mass is 16.5. The fourth-order valence-electron chi connectivity index (χ4n) is 4.08. The molecule has 0 radical (unpaired) electrons. The van der Waals surface area contributed by atoms with E-state index in [0.717, 1.165) is 60.0 Å². The lowest BCUT2D eigenvalue weighted by molar-refractivity contribution is -0.136. The zero-order valence-electron chi connectivity index (χ0n) is 19.1. The third kappa shape index (κ3) is 5.71. The van der Waals surface area contributed by atoms with Gasteiger partial charge in [0, 0.05) is 31.0 Å². The summed E-state index contributed by atoms with van der Waals surface area (Å²) >= 11 is 0. The Bertz CT molecular complexity index is 947. The Labute approximate surface area is 191 Å². The van der Waals surface area contributed by atoms with Crippen LogP contribution >= 0.6 is 0 Å². The highest BCUT2D eigenvalue weighted by Gasteiger charge is 2.27. The number of carbonyl (C=O) groups is 1. The van der Waals surface area contributed by atoms with E-state index >= 15 is 0 Å². The first-order valence-electron chi connectivity index (χ1n) is 11.7. The molecule has 0 unspecified atom stereocenters. The lowest BCUT2D eigenvalue weighted by atomic mass is 10.00. The number of benzene rings is 2. The van der Waals surface area contributed by atoms with E-state index < -0.39 is 0 Å². The van der Waals surface area contributed by atoms with Gasteiger partial charge in [-0.15, -0.1) is 0 Å². The van der Waals surface area contributed by atoms with Gasteiger partial charge in [0.2, 0.25) is 0 Å². The number of fused-ring (bicyclic) bond motifs is 1. The second kappa shape index (κ2) is 10.7. The maximum absolute atomic E-state index is 12.3. The standard InChI is InChI=1S/C27H33NO4/c1-3-14-31-15-16-32-25-9-6-21(7-10-25)22-8-11-26-24(17-22)18-23(27(29)30-2)12-13-28(26)19-20-4-5-20/h6-11,17-18,20H,3-5,12-16,19H2,1-2H3. The van der Waals surface area contributed by atoms with Crippen LogP contribution in [0.3, 0.4) is 0 Å². The van der Waals surface area contributed by atoms with E-state index in [-0.39, 0.29) is 5.97 Å². The van der Waals surface area contributed by atoms with Crippen molar-refractivity contribution < 1.29 is 19.0 Å². The van der Waals surface area contributed by atoms with E-state index in [1.807, 2.05) is 18.2 Å². The number of rotatable bonds is 10. The number of esters is 1. The van der Waals surface area contributed by atoms with E-state index in [1.54, 1.807) is 0 Å². The van der Waals surface area contributed by atoms with Crippen molar-refractivity contribution in [3.05, 3.63) is 53.6 Å². The normalized spacial score (nSPS) is 15.6. The van der Waals surface area contributed by atoms with Gasteiger partial charge in [0.1, 0.15) is 12.4 Å². The zero-order chi connectivity index (χ0) is 22.3. The van der Waals surface area contributed by atoms with Gasteiger partial charge in [-0.2, -0.15) is 0 Å². The molecule has 0 saturated heterocycles. The van der Waals surface area contributed by atoms with Crippen LogP contribution in [0, 0.1) is 5.92 Å². The molecule has 2 aromatic rings. The third-order valence-electron chi connectivity index (χ3n) is 6.00. The summed E-state index contributed by atoms with van der Waals surface area (Å²) in [6, 6.07) is 14.7. The maximum atomic E-state index is 12.3. The highest BCUT2D eigenvalue weighted by molar-refractivity contribution is 5.96. The van der Waals surface area contributed by atoms with Crippen LogP contribution in [-0.4, -0.2) is 46.0 Å². The van der Waals surface area contributed by atoms with Crippen LogP contribution in [0.15, 0.2) is 48.0 Å². The molecule has 0 atom stereocenters. The minimum absolute atomic E-state index is 0.237. The molecule has 5 heteroatoms. The van der Waals surface area contributed by atoms with Crippen LogP contribution in [-0.2, 0) is 14.3 Å². The molecule has 0 spiro atoms. The van der Waals surface area contributed by atoms with Crippen LogP contribution in [0.2, 0.25) is 0 Å². The van der Waals surface area contributed by atoms with Crippen LogP contribution in [0.4, 0.5) is 5.69 Å². The van der Waals surface area contributed by atoms with Gasteiger partial charge in [-0.05, 0) is 78.6 Å². The Morgan fingerprint density at radius 2 is 1.81 bits per heavy atom. The lowest BCUT2D eigenvalue weighted by Gasteiger charge is -2.25. The smallest absolute Gasteiger partial charge is 0.333 e. The molecule has 4 rings (SSSR count). The van der Waals surface area contributed by atoms with E-state index in [9.17, 15) is 4.79 Å². The zero-order valence-corrected chi connectivity index (χ0v) is 19.1. The van der Waals surface area contributed by atoms with Gasteiger partial charge in [0.05, 0.1) is 13.7 Å². The topological polar surface area (TPSA) is 48.0 Å². The van der Waals surface area contributed by atoms with Crippen molar-refractivity contribution >= 4 is 17.7 Å². The quantitative estimate of drug-likeness (QED) is 0.373. The molecule has 5 nitrogen and oxygen atoms in total. The average molecular weight is 436 g/mol. The number of hydrogen-bond acceptors (Lipinski definition) is 5. The fourth-order valence-corrected chi connectivity index (χ4v) is 4.08. The Balaban J connectivity index is 1.52. The average Bonchev–Trinajstić information content (AvgIpc) is 3.66. The minimum atomic E-state index is -0.237. The van der Waals surface area contributed by atoms with Crippen molar-refractivity contribution in [2.75, 3.05) is 44.9 Å². The maximum Gasteiger partial charge on any atom is 0.333 e. The van der Waals surface area contributed by atoms with Crippen molar-refractivity contribution in [2.45, 2.75) is 32.6 Å². The lowest BCUT2D eigenvalue weighted by Crippen LogP contribution is -2.27. The summed E-state index contributed by atoms with van der Waals surface area (Å²) in [6.45, 7) is 5.92. The number of carbonyl (C=O) groups excluding carboxylic acids is 1. The van der Waals surface area contributed by atoms with Crippen molar-refractivity contribution in [2.24, 2.45) is 5.92 Å². The SMILES string of the molecule is CCCOCCOc1ccc(-c2ccc3c(c2)C=C(C(=O)OC)CCN3CC2CC2)cc1. The molecule has 1 fully saturated rings. The molecular weight excluding hydrogens is 402 g/mol. The van der Waals surface area contributed by atoms with E-state index in [1.165, 1.54) is 25.6 Å². The van der Waals surface area contributed by atoms with Crippen LogP contribution < -0.4 is 9.64 Å². The van der Waals surface area contributed by atoms with Gasteiger partial charge in [-0.3, -0.25) is 0 Å². The first kappa shape index (κ1) is 22.4. The number of anilines is 1. The van der Waals surface area contributed by atoms with Gasteiger partial charge in [0.25, 0.3) is 0 Å². The summed E-state index contributed by atoms with van der Waals surface area (Å²) in [5, 5.41) is 0. The molecule has 0 bridgehead atoms. The molecule has 1 aliphatic carbocycles. The molecule has 2 aromatic carbocycles. The van der Waals surface area contributed by atoms with Gasteiger partial charge >= 0.3 is 5.97 Å². The Kier molecular flexibility index (Phi) is 7.48. The molecule has 0 N–H and O–H groups in total. The predicted octanol–water partition coefficient (Wildman–Crippen LogP) is 5.34. The summed E-state index contributed by atoms with van der Waals surface area (Å²) in [5.74, 6) is 1.38. The summed E-state index contributed by atoms with van der Waals surface area (Å²) in [6.07, 6.45) is 6.34. The second-order valence-corrected chi connectivity index (χ2v) is 8.56. The first-order valence-corrected chi connectivity index (χ1v) is 11.7. The van der Waals surface area contributed by atoms with Crippen LogP contribution in [0.1, 0.15) is 38.2 Å². The van der Waals surface area contributed by atoms with Gasteiger partial charge in [-0.25, -0.2) is 4.79 Å².